The molecule has 1 fully saturated rings. The number of nitrogens with zero attached hydrogens (tertiary/aromatic N) is 1. The van der Waals surface area contributed by atoms with Crippen LogP contribution in [0.2, 0.25) is 0 Å². The van der Waals surface area contributed by atoms with Crippen molar-refractivity contribution in [1.82, 2.24) is 10.2 Å². The highest BCUT2D eigenvalue weighted by molar-refractivity contribution is 5.91. The quantitative estimate of drug-likeness (QED) is 0.846. The van der Waals surface area contributed by atoms with Gasteiger partial charge in [-0.25, -0.2) is 4.39 Å². The first kappa shape index (κ1) is 15.7. The van der Waals surface area contributed by atoms with Crippen molar-refractivity contribution in [1.29, 1.82) is 0 Å². The maximum atomic E-state index is 13.4. The van der Waals surface area contributed by atoms with E-state index in [1.807, 2.05) is 0 Å². The second-order valence-electron chi connectivity index (χ2n) is 5.40. The molecule has 21 heavy (non-hydrogen) atoms. The van der Waals surface area contributed by atoms with Crippen LogP contribution in [0.1, 0.15) is 31.2 Å². The molecule has 1 aromatic carbocycles. The smallest absolute Gasteiger partial charge is 0.244 e. The molecule has 1 aliphatic rings. The SMILES string of the molecule is O=C(C=Cc1ccccc1F)NCCN1CCCCCC1. The first-order valence-corrected chi connectivity index (χ1v) is 7.68. The number of halogens is 1. The molecule has 3 nitrogen and oxygen atoms in total. The lowest BCUT2D eigenvalue weighted by molar-refractivity contribution is -0.116. The molecule has 1 amide bonds. The van der Waals surface area contributed by atoms with Gasteiger partial charge in [-0.2, -0.15) is 0 Å². The number of nitrogens with one attached hydrogen (secondary N) is 1. The summed E-state index contributed by atoms with van der Waals surface area (Å²) in [5, 5.41) is 2.85. The van der Waals surface area contributed by atoms with E-state index in [0.29, 0.717) is 12.1 Å². The van der Waals surface area contributed by atoms with Gasteiger partial charge in [-0.1, -0.05) is 31.0 Å². The fraction of sp³-hybridized carbons (Fsp3) is 0.471. The third-order valence-corrected chi connectivity index (χ3v) is 3.75. The molecule has 0 spiro atoms. The normalized spacial score (nSPS) is 16.8. The van der Waals surface area contributed by atoms with Crippen LogP contribution in [0.25, 0.3) is 6.08 Å². The van der Waals surface area contributed by atoms with Gasteiger partial charge >= 0.3 is 0 Å². The second kappa shape index (κ2) is 8.57. The van der Waals surface area contributed by atoms with Gasteiger partial charge in [-0.05, 0) is 38.1 Å². The van der Waals surface area contributed by atoms with E-state index < -0.39 is 0 Å². The van der Waals surface area contributed by atoms with E-state index in [1.165, 1.54) is 43.9 Å². The zero-order valence-corrected chi connectivity index (χ0v) is 12.4. The molecule has 0 aliphatic carbocycles. The third-order valence-electron chi connectivity index (χ3n) is 3.75. The second-order valence-corrected chi connectivity index (χ2v) is 5.40. The summed E-state index contributed by atoms with van der Waals surface area (Å²) < 4.78 is 13.4. The highest BCUT2D eigenvalue weighted by atomic mass is 19.1. The number of carbonyl (C=O) groups excluding carboxylic acids is 1. The van der Waals surface area contributed by atoms with E-state index in [2.05, 4.69) is 10.2 Å². The molecule has 1 saturated heterocycles. The summed E-state index contributed by atoms with van der Waals surface area (Å²) in [5.74, 6) is -0.487. The monoisotopic (exact) mass is 290 g/mol. The number of benzene rings is 1. The molecule has 0 bridgehead atoms. The van der Waals surface area contributed by atoms with Crippen LogP contribution in [0, 0.1) is 5.82 Å². The van der Waals surface area contributed by atoms with Crippen LogP contribution < -0.4 is 5.32 Å². The van der Waals surface area contributed by atoms with Crippen molar-refractivity contribution in [2.45, 2.75) is 25.7 Å². The Labute approximate surface area is 125 Å². The molecule has 0 atom stereocenters. The fourth-order valence-electron chi connectivity index (χ4n) is 2.53. The van der Waals surface area contributed by atoms with Crippen LogP contribution in [-0.4, -0.2) is 37.0 Å². The minimum absolute atomic E-state index is 0.173. The Morgan fingerprint density at radius 3 is 2.62 bits per heavy atom. The molecule has 0 aromatic heterocycles. The Morgan fingerprint density at radius 2 is 1.90 bits per heavy atom. The summed E-state index contributed by atoms with van der Waals surface area (Å²) in [7, 11) is 0. The maximum absolute atomic E-state index is 13.4. The van der Waals surface area contributed by atoms with Crippen molar-refractivity contribution in [3.63, 3.8) is 0 Å². The van der Waals surface area contributed by atoms with E-state index in [9.17, 15) is 9.18 Å². The van der Waals surface area contributed by atoms with Crippen molar-refractivity contribution >= 4 is 12.0 Å². The van der Waals surface area contributed by atoms with Crippen LogP contribution in [0.4, 0.5) is 4.39 Å². The first-order valence-electron chi connectivity index (χ1n) is 7.68. The predicted molar refractivity (Wildman–Crippen MR) is 83.4 cm³/mol. The number of hydrogen-bond acceptors (Lipinski definition) is 2. The van der Waals surface area contributed by atoms with Crippen molar-refractivity contribution < 1.29 is 9.18 Å². The third kappa shape index (κ3) is 5.68. The van der Waals surface area contributed by atoms with Crippen LogP contribution >= 0.6 is 0 Å². The van der Waals surface area contributed by atoms with Crippen molar-refractivity contribution in [2.24, 2.45) is 0 Å². The van der Waals surface area contributed by atoms with Gasteiger partial charge in [0.15, 0.2) is 0 Å². The van der Waals surface area contributed by atoms with Gasteiger partial charge in [-0.15, -0.1) is 0 Å². The van der Waals surface area contributed by atoms with Crippen LogP contribution in [-0.2, 0) is 4.79 Å². The number of amides is 1. The molecule has 1 aliphatic heterocycles. The standard InChI is InChI=1S/C17H23FN2O/c18-16-8-4-3-7-15(16)9-10-17(21)19-11-14-20-12-5-1-2-6-13-20/h3-4,7-10H,1-2,5-6,11-14H2,(H,19,21). The molecule has 1 N–H and O–H groups in total. The number of rotatable bonds is 5. The minimum atomic E-state index is -0.314. The molecule has 114 valence electrons. The Hall–Kier alpha value is -1.68. The largest absolute Gasteiger partial charge is 0.351 e. The molecule has 0 radical (unpaired) electrons. The maximum Gasteiger partial charge on any atom is 0.244 e. The number of likely N-dealkylation sites (tertiary alicyclic amines) is 1. The van der Waals surface area contributed by atoms with Gasteiger partial charge in [-0.3, -0.25) is 4.79 Å². The summed E-state index contributed by atoms with van der Waals surface area (Å²) >= 11 is 0. The molecule has 0 unspecified atom stereocenters. The lowest BCUT2D eigenvalue weighted by atomic mass is 10.2. The lowest BCUT2D eigenvalue weighted by Gasteiger charge is -2.19. The molecule has 1 aromatic rings. The molecule has 0 saturated carbocycles. The molecule has 1 heterocycles. The molecular weight excluding hydrogens is 267 g/mol. The van der Waals surface area contributed by atoms with Gasteiger partial charge < -0.3 is 10.2 Å². The summed E-state index contributed by atoms with van der Waals surface area (Å²) in [6, 6.07) is 6.42. The van der Waals surface area contributed by atoms with E-state index in [-0.39, 0.29) is 11.7 Å². The zero-order chi connectivity index (χ0) is 14.9. The van der Waals surface area contributed by atoms with Gasteiger partial charge in [0.05, 0.1) is 0 Å². The van der Waals surface area contributed by atoms with Crippen LogP contribution in [0.15, 0.2) is 30.3 Å². The number of carbonyl (C=O) groups is 1. The van der Waals surface area contributed by atoms with Gasteiger partial charge in [0, 0.05) is 24.7 Å². The zero-order valence-electron chi connectivity index (χ0n) is 12.4. The summed E-state index contributed by atoms with van der Waals surface area (Å²) in [4.78, 5) is 14.1. The highest BCUT2D eigenvalue weighted by Gasteiger charge is 2.08. The highest BCUT2D eigenvalue weighted by Crippen LogP contribution is 2.09. The van der Waals surface area contributed by atoms with E-state index in [0.717, 1.165) is 19.6 Å². The van der Waals surface area contributed by atoms with Crippen molar-refractivity contribution in [3.05, 3.63) is 41.7 Å². The van der Waals surface area contributed by atoms with E-state index in [4.69, 9.17) is 0 Å². The summed E-state index contributed by atoms with van der Waals surface area (Å²) in [6.45, 7) is 3.78. The average molecular weight is 290 g/mol. The topological polar surface area (TPSA) is 32.3 Å². The Kier molecular flexibility index (Phi) is 6.41. The summed E-state index contributed by atoms with van der Waals surface area (Å²) in [6.07, 6.45) is 8.03. The average Bonchev–Trinajstić information content (AvgIpc) is 2.75. The van der Waals surface area contributed by atoms with Crippen LogP contribution in [0.3, 0.4) is 0 Å². The minimum Gasteiger partial charge on any atom is -0.351 e. The van der Waals surface area contributed by atoms with E-state index in [1.54, 1.807) is 18.2 Å². The fourth-order valence-corrected chi connectivity index (χ4v) is 2.53. The number of hydrogen-bond donors (Lipinski definition) is 1. The first-order chi connectivity index (χ1) is 10.3. The van der Waals surface area contributed by atoms with Crippen LogP contribution in [0.5, 0.6) is 0 Å². The Balaban J connectivity index is 1.71. The van der Waals surface area contributed by atoms with Gasteiger partial charge in [0.1, 0.15) is 5.82 Å². The van der Waals surface area contributed by atoms with Crippen molar-refractivity contribution in [3.8, 4) is 0 Å². The summed E-state index contributed by atoms with van der Waals surface area (Å²) in [5.41, 5.74) is 0.431. The molecular formula is C17H23FN2O. The van der Waals surface area contributed by atoms with Gasteiger partial charge in [0.2, 0.25) is 5.91 Å². The van der Waals surface area contributed by atoms with E-state index >= 15 is 0 Å². The lowest BCUT2D eigenvalue weighted by Crippen LogP contribution is -2.34. The van der Waals surface area contributed by atoms with Crippen molar-refractivity contribution in [2.75, 3.05) is 26.2 Å². The molecule has 4 heteroatoms. The predicted octanol–water partition coefficient (Wildman–Crippen LogP) is 2.83. The Morgan fingerprint density at radius 1 is 1.19 bits per heavy atom. The Bertz CT molecular complexity index is 479. The van der Waals surface area contributed by atoms with Gasteiger partial charge in [0.25, 0.3) is 0 Å². The molecule has 2 rings (SSSR count).